The van der Waals surface area contributed by atoms with Crippen molar-refractivity contribution in [1.82, 2.24) is 19.6 Å². The van der Waals surface area contributed by atoms with Gasteiger partial charge in [0, 0.05) is 52.4 Å². The van der Waals surface area contributed by atoms with E-state index in [4.69, 9.17) is 20.4 Å². The van der Waals surface area contributed by atoms with Gasteiger partial charge in [0.15, 0.2) is 0 Å². The maximum absolute atomic E-state index is 11.1. The Kier molecular flexibility index (Phi) is 15.5. The smallest absolute Gasteiger partial charge is 0.480 e. The largest absolute Gasteiger partial charge is 3.00 e. The molecule has 1 aliphatic rings. The summed E-state index contributed by atoms with van der Waals surface area (Å²) in [6, 6.07) is 0. The number of carbonyl (C=O) groups is 4. The SMILES string of the molecule is O=C(O)CN1CCCN(CC(=O)O)CCN(CC(=O)O)CCCN(CC(=O)O)CC1.[In+3]. The summed E-state index contributed by atoms with van der Waals surface area (Å²) in [5, 5.41) is 36.5. The van der Waals surface area contributed by atoms with E-state index in [0.29, 0.717) is 65.2 Å². The predicted molar refractivity (Wildman–Crippen MR) is 111 cm³/mol. The van der Waals surface area contributed by atoms with Gasteiger partial charge in [-0.15, -0.1) is 0 Å². The third-order valence-electron chi connectivity index (χ3n) is 4.80. The van der Waals surface area contributed by atoms with Gasteiger partial charge in [0.2, 0.25) is 0 Å². The van der Waals surface area contributed by atoms with Gasteiger partial charge in [-0.25, -0.2) is 0 Å². The van der Waals surface area contributed by atoms with Gasteiger partial charge < -0.3 is 20.4 Å². The first-order valence-electron chi connectivity index (χ1n) is 9.92. The first kappa shape index (κ1) is 29.6. The van der Waals surface area contributed by atoms with Crippen molar-refractivity contribution >= 4 is 49.7 Å². The van der Waals surface area contributed by atoms with E-state index in [2.05, 4.69) is 0 Å². The second-order valence-corrected chi connectivity index (χ2v) is 7.39. The van der Waals surface area contributed by atoms with Gasteiger partial charge in [-0.1, -0.05) is 0 Å². The Labute approximate surface area is 200 Å². The van der Waals surface area contributed by atoms with Crippen molar-refractivity contribution in [1.29, 1.82) is 0 Å². The van der Waals surface area contributed by atoms with Crippen molar-refractivity contribution in [2.75, 3.05) is 78.5 Å². The molecule has 0 aromatic carbocycles. The molecule has 0 saturated carbocycles. The van der Waals surface area contributed by atoms with Crippen molar-refractivity contribution in [3.63, 3.8) is 0 Å². The number of rotatable bonds is 8. The summed E-state index contributed by atoms with van der Waals surface area (Å²) in [6.45, 7) is 2.52. The van der Waals surface area contributed by atoms with E-state index in [1.165, 1.54) is 0 Å². The summed E-state index contributed by atoms with van der Waals surface area (Å²) in [6.07, 6.45) is 1.08. The standard InChI is InChI=1S/C18H32N4O8.In/c23-15(24)11-19-3-1-4-20(12-16(25)26)8-10-22(14-18(29)30)6-2-5-21(9-7-19)13-17(27)28;/h1-14H2,(H,23,24)(H,25,26)(H,27,28)(H,29,30);/q;+3. The minimum Gasteiger partial charge on any atom is -0.480 e. The van der Waals surface area contributed by atoms with Crippen LogP contribution in [0.15, 0.2) is 0 Å². The van der Waals surface area contributed by atoms with Crippen LogP contribution >= 0.6 is 0 Å². The molecule has 12 nitrogen and oxygen atoms in total. The Morgan fingerprint density at radius 1 is 0.452 bits per heavy atom. The Balaban J connectivity index is 0.00000900. The topological polar surface area (TPSA) is 162 Å². The molecule has 0 bridgehead atoms. The molecule has 172 valence electrons. The first-order valence-corrected chi connectivity index (χ1v) is 9.92. The van der Waals surface area contributed by atoms with Crippen LogP contribution in [-0.2, 0) is 19.2 Å². The normalized spacial score (nSPS) is 19.1. The summed E-state index contributed by atoms with van der Waals surface area (Å²) in [4.78, 5) is 51.5. The molecular weight excluding hydrogens is 515 g/mol. The maximum atomic E-state index is 11.1. The molecule has 1 rings (SSSR count). The van der Waals surface area contributed by atoms with Gasteiger partial charge in [0.05, 0.1) is 26.2 Å². The number of hydrogen-bond donors (Lipinski definition) is 4. The Morgan fingerprint density at radius 2 is 0.645 bits per heavy atom. The molecule has 31 heavy (non-hydrogen) atoms. The fourth-order valence-electron chi connectivity index (χ4n) is 3.45. The van der Waals surface area contributed by atoms with Crippen LogP contribution in [-0.4, -0.2) is 168 Å². The zero-order chi connectivity index (χ0) is 22.5. The predicted octanol–water partition coefficient (Wildman–Crippen LogP) is -2.05. The number of nitrogens with zero attached hydrogens (tertiary/aromatic N) is 4. The molecule has 0 spiro atoms. The molecule has 1 heterocycles. The summed E-state index contributed by atoms with van der Waals surface area (Å²) < 4.78 is 0. The molecule has 1 fully saturated rings. The number of carboxylic acid groups (broad SMARTS) is 4. The Bertz CT molecular complexity index is 497. The van der Waals surface area contributed by atoms with Gasteiger partial charge in [-0.05, 0) is 12.8 Å². The molecule has 0 radical (unpaired) electrons. The second-order valence-electron chi connectivity index (χ2n) is 7.39. The van der Waals surface area contributed by atoms with Gasteiger partial charge in [-0.3, -0.25) is 38.8 Å². The van der Waals surface area contributed by atoms with Crippen molar-refractivity contribution in [2.24, 2.45) is 0 Å². The molecule has 4 N–H and O–H groups in total. The number of hydrogen-bond acceptors (Lipinski definition) is 8. The summed E-state index contributed by atoms with van der Waals surface area (Å²) in [5.74, 6) is -3.92. The van der Waals surface area contributed by atoms with Crippen LogP contribution in [0.3, 0.4) is 0 Å². The molecule has 0 aliphatic carbocycles. The zero-order valence-corrected chi connectivity index (χ0v) is 21.0. The van der Waals surface area contributed by atoms with Crippen LogP contribution in [0.1, 0.15) is 12.8 Å². The summed E-state index contributed by atoms with van der Waals surface area (Å²) >= 11 is 0. The number of aliphatic carboxylic acids is 4. The van der Waals surface area contributed by atoms with Crippen LogP contribution in [0.25, 0.3) is 0 Å². The van der Waals surface area contributed by atoms with E-state index in [-0.39, 0.29) is 52.0 Å². The van der Waals surface area contributed by atoms with E-state index in [1.807, 2.05) is 0 Å². The maximum Gasteiger partial charge on any atom is 3.00 e. The quantitative estimate of drug-likeness (QED) is 0.264. The molecule has 0 amide bonds. The molecule has 1 saturated heterocycles. The molecule has 0 aromatic heterocycles. The van der Waals surface area contributed by atoms with Gasteiger partial charge in [0.25, 0.3) is 0 Å². The average molecular weight is 547 g/mol. The van der Waals surface area contributed by atoms with Crippen LogP contribution in [0.2, 0.25) is 0 Å². The molecule has 0 unspecified atom stereocenters. The fourth-order valence-corrected chi connectivity index (χ4v) is 3.45. The summed E-state index contributed by atoms with van der Waals surface area (Å²) in [7, 11) is 0. The van der Waals surface area contributed by atoms with Crippen molar-refractivity contribution in [2.45, 2.75) is 12.8 Å². The molecule has 1 aliphatic heterocycles. The Hall–Kier alpha value is -1.41. The van der Waals surface area contributed by atoms with Crippen molar-refractivity contribution in [3.05, 3.63) is 0 Å². The minimum atomic E-state index is -0.979. The first-order chi connectivity index (χ1) is 14.2. The van der Waals surface area contributed by atoms with E-state index >= 15 is 0 Å². The Morgan fingerprint density at radius 3 is 0.806 bits per heavy atom. The summed E-state index contributed by atoms with van der Waals surface area (Å²) in [5.41, 5.74) is 0. The van der Waals surface area contributed by atoms with Crippen molar-refractivity contribution in [3.8, 4) is 0 Å². The van der Waals surface area contributed by atoms with Crippen LogP contribution in [0.4, 0.5) is 0 Å². The zero-order valence-electron chi connectivity index (χ0n) is 17.7. The molecule has 0 aromatic rings. The molecular formula is C18H32InN4O8+3. The molecule has 13 heteroatoms. The second kappa shape index (κ2) is 16.3. The van der Waals surface area contributed by atoms with E-state index in [1.54, 1.807) is 19.6 Å². The monoisotopic (exact) mass is 547 g/mol. The number of carboxylic acids is 4. The van der Waals surface area contributed by atoms with E-state index in [9.17, 15) is 19.2 Å². The minimum absolute atomic E-state index is 0. The fraction of sp³-hybridized carbons (Fsp3) is 0.778. The van der Waals surface area contributed by atoms with Gasteiger partial charge in [-0.2, -0.15) is 0 Å². The van der Waals surface area contributed by atoms with Gasteiger partial charge in [0.1, 0.15) is 0 Å². The average Bonchev–Trinajstić information content (AvgIpc) is 2.60. The van der Waals surface area contributed by atoms with E-state index in [0.717, 1.165) is 0 Å². The van der Waals surface area contributed by atoms with E-state index < -0.39 is 23.9 Å². The van der Waals surface area contributed by atoms with Crippen molar-refractivity contribution < 1.29 is 39.6 Å². The van der Waals surface area contributed by atoms with Gasteiger partial charge >= 0.3 is 49.7 Å². The van der Waals surface area contributed by atoms with Crippen LogP contribution in [0, 0.1) is 0 Å². The van der Waals surface area contributed by atoms with Crippen LogP contribution in [0.5, 0.6) is 0 Å². The third-order valence-corrected chi connectivity index (χ3v) is 4.80. The third kappa shape index (κ3) is 15.1. The molecule has 0 atom stereocenters. The van der Waals surface area contributed by atoms with Crippen LogP contribution < -0.4 is 0 Å².